The molecule has 0 bridgehead atoms. The highest BCUT2D eigenvalue weighted by molar-refractivity contribution is 14.0. The Hall–Kier alpha value is -1.52. The highest BCUT2D eigenvalue weighted by atomic mass is 127. The number of amides is 1. The summed E-state index contributed by atoms with van der Waals surface area (Å²) < 4.78 is 7.47. The minimum atomic E-state index is -0.526. The van der Waals surface area contributed by atoms with E-state index in [-0.39, 0.29) is 24.0 Å². The summed E-state index contributed by atoms with van der Waals surface area (Å²) in [7, 11) is 0. The maximum absolute atomic E-state index is 12.0. The van der Waals surface area contributed by atoms with E-state index in [1.54, 1.807) is 6.20 Å². The number of imidazole rings is 1. The van der Waals surface area contributed by atoms with Crippen LogP contribution in [0.2, 0.25) is 0 Å². The minimum absolute atomic E-state index is 0. The van der Waals surface area contributed by atoms with E-state index >= 15 is 0 Å². The van der Waals surface area contributed by atoms with Crippen LogP contribution in [0.5, 0.6) is 0 Å². The molecule has 0 aromatic carbocycles. The molecule has 0 saturated heterocycles. The van der Waals surface area contributed by atoms with Crippen molar-refractivity contribution >= 4 is 36.0 Å². The van der Waals surface area contributed by atoms with Gasteiger partial charge in [0.2, 0.25) is 0 Å². The van der Waals surface area contributed by atoms with Gasteiger partial charge in [-0.1, -0.05) is 13.8 Å². The van der Waals surface area contributed by atoms with Crippen molar-refractivity contribution in [1.82, 2.24) is 25.5 Å². The lowest BCUT2D eigenvalue weighted by molar-refractivity contribution is 0.0474. The van der Waals surface area contributed by atoms with Crippen LogP contribution < -0.4 is 16.0 Å². The number of aliphatic imine (C=N–C) groups is 1. The SMILES string of the molecule is CCNC(=NCc1nccn1CC(C)C)NCC(C)(C)NC(=O)OC(C)(C)C.I. The van der Waals surface area contributed by atoms with Gasteiger partial charge in [0.1, 0.15) is 18.0 Å². The van der Waals surface area contributed by atoms with E-state index in [0.717, 1.165) is 18.9 Å². The molecule has 29 heavy (non-hydrogen) atoms. The number of nitrogens with zero attached hydrogens (tertiary/aromatic N) is 3. The van der Waals surface area contributed by atoms with Crippen LogP contribution in [0.25, 0.3) is 0 Å². The Balaban J connectivity index is 0.00000784. The Morgan fingerprint density at radius 2 is 1.90 bits per heavy atom. The number of halogens is 1. The average Bonchev–Trinajstić information content (AvgIpc) is 2.94. The molecule has 1 aromatic rings. The second-order valence-corrected chi connectivity index (χ2v) is 8.95. The Morgan fingerprint density at radius 1 is 1.24 bits per heavy atom. The summed E-state index contributed by atoms with van der Waals surface area (Å²) in [4.78, 5) is 21.1. The van der Waals surface area contributed by atoms with Gasteiger partial charge in [-0.05, 0) is 47.5 Å². The number of ether oxygens (including phenoxy) is 1. The number of carbonyl (C=O) groups is 1. The number of hydrogen-bond acceptors (Lipinski definition) is 4. The molecule has 1 aromatic heterocycles. The number of guanidine groups is 1. The largest absolute Gasteiger partial charge is 0.444 e. The van der Waals surface area contributed by atoms with Gasteiger partial charge in [0.25, 0.3) is 0 Å². The van der Waals surface area contributed by atoms with Gasteiger partial charge in [-0.3, -0.25) is 0 Å². The fourth-order valence-corrected chi connectivity index (χ4v) is 2.47. The topological polar surface area (TPSA) is 92.6 Å². The summed E-state index contributed by atoms with van der Waals surface area (Å²) in [6.07, 6.45) is 3.36. The lowest BCUT2D eigenvalue weighted by Crippen LogP contribution is -2.54. The van der Waals surface area contributed by atoms with Gasteiger partial charge >= 0.3 is 6.09 Å². The number of nitrogens with one attached hydrogen (secondary N) is 3. The number of aromatic nitrogens is 2. The van der Waals surface area contributed by atoms with Gasteiger partial charge in [0.15, 0.2) is 5.96 Å². The molecule has 1 heterocycles. The molecule has 0 fully saturated rings. The summed E-state index contributed by atoms with van der Waals surface area (Å²) in [5, 5.41) is 9.40. The molecule has 0 aliphatic rings. The Labute approximate surface area is 192 Å². The Bertz CT molecular complexity index is 650. The molecule has 0 saturated carbocycles. The monoisotopic (exact) mass is 522 g/mol. The molecule has 1 amide bonds. The molecular weight excluding hydrogens is 483 g/mol. The van der Waals surface area contributed by atoms with Crippen LogP contribution in [0.3, 0.4) is 0 Å². The fourth-order valence-electron chi connectivity index (χ4n) is 2.47. The van der Waals surface area contributed by atoms with Crippen LogP contribution in [-0.4, -0.2) is 45.8 Å². The third kappa shape index (κ3) is 11.9. The van der Waals surface area contributed by atoms with Crippen molar-refractivity contribution in [1.29, 1.82) is 0 Å². The highest BCUT2D eigenvalue weighted by Gasteiger charge is 2.24. The van der Waals surface area contributed by atoms with Crippen molar-refractivity contribution in [2.75, 3.05) is 13.1 Å². The van der Waals surface area contributed by atoms with Crippen molar-refractivity contribution in [3.63, 3.8) is 0 Å². The highest BCUT2D eigenvalue weighted by Crippen LogP contribution is 2.09. The smallest absolute Gasteiger partial charge is 0.408 e. The number of hydrogen-bond donors (Lipinski definition) is 3. The van der Waals surface area contributed by atoms with Crippen molar-refractivity contribution in [3.05, 3.63) is 18.2 Å². The second-order valence-electron chi connectivity index (χ2n) is 8.95. The number of carbonyl (C=O) groups excluding carboxylic acids is 1. The normalized spacial score (nSPS) is 12.4. The first kappa shape index (κ1) is 27.5. The molecule has 0 spiro atoms. The third-order valence-corrected chi connectivity index (χ3v) is 3.62. The van der Waals surface area contributed by atoms with Gasteiger partial charge in [-0.15, -0.1) is 24.0 Å². The Morgan fingerprint density at radius 3 is 2.45 bits per heavy atom. The molecule has 0 radical (unpaired) electrons. The number of alkyl carbamates (subject to hydrolysis) is 1. The first-order valence-corrected chi connectivity index (χ1v) is 9.95. The predicted molar refractivity (Wildman–Crippen MR) is 129 cm³/mol. The van der Waals surface area contributed by atoms with Gasteiger partial charge in [0, 0.05) is 32.0 Å². The zero-order valence-corrected chi connectivity index (χ0v) is 21.5. The van der Waals surface area contributed by atoms with Gasteiger partial charge in [-0.25, -0.2) is 14.8 Å². The van der Waals surface area contributed by atoms with Crippen molar-refractivity contribution in [2.24, 2.45) is 10.9 Å². The van der Waals surface area contributed by atoms with Gasteiger partial charge in [-0.2, -0.15) is 0 Å². The zero-order chi connectivity index (χ0) is 21.4. The quantitative estimate of drug-likeness (QED) is 0.276. The molecule has 0 atom stereocenters. The van der Waals surface area contributed by atoms with E-state index in [0.29, 0.717) is 25.0 Å². The van der Waals surface area contributed by atoms with E-state index in [9.17, 15) is 4.79 Å². The van der Waals surface area contributed by atoms with Crippen LogP contribution in [-0.2, 0) is 17.8 Å². The third-order valence-electron chi connectivity index (χ3n) is 3.62. The summed E-state index contributed by atoms with van der Waals surface area (Å²) in [5.74, 6) is 2.15. The molecule has 168 valence electrons. The first-order valence-electron chi connectivity index (χ1n) is 9.95. The van der Waals surface area contributed by atoms with Crippen molar-refractivity contribution < 1.29 is 9.53 Å². The fraction of sp³-hybridized carbons (Fsp3) is 0.750. The van der Waals surface area contributed by atoms with Crippen LogP contribution in [0.15, 0.2) is 17.4 Å². The molecule has 0 aliphatic carbocycles. The average molecular weight is 522 g/mol. The standard InChI is InChI=1S/C20H38N6O2.HI/c1-9-21-17(23-12-16-22-10-11-26(16)13-15(2)3)24-14-20(7,8)25-18(27)28-19(4,5)6;/h10-11,15H,9,12-14H2,1-8H3,(H,25,27)(H2,21,23,24);1H. The molecule has 0 aliphatic heterocycles. The predicted octanol–water partition coefficient (Wildman–Crippen LogP) is 3.52. The first-order chi connectivity index (χ1) is 12.9. The molecule has 9 heteroatoms. The summed E-state index contributed by atoms with van der Waals surface area (Å²) in [6, 6.07) is 0. The van der Waals surface area contributed by atoms with E-state index in [1.807, 2.05) is 47.7 Å². The van der Waals surface area contributed by atoms with Crippen molar-refractivity contribution in [2.45, 2.75) is 79.6 Å². The van der Waals surface area contributed by atoms with Crippen molar-refractivity contribution in [3.8, 4) is 0 Å². The summed E-state index contributed by atoms with van der Waals surface area (Å²) in [5.41, 5.74) is -1.03. The van der Waals surface area contributed by atoms with Crippen LogP contribution in [0.1, 0.15) is 61.2 Å². The van der Waals surface area contributed by atoms with E-state index < -0.39 is 17.2 Å². The molecular formula is C20H39IN6O2. The lowest BCUT2D eigenvalue weighted by atomic mass is 10.1. The molecule has 8 nitrogen and oxygen atoms in total. The van der Waals surface area contributed by atoms with Crippen LogP contribution in [0, 0.1) is 5.92 Å². The molecule has 3 N–H and O–H groups in total. The number of rotatable bonds is 8. The Kier molecular flexibility index (Phi) is 11.6. The zero-order valence-electron chi connectivity index (χ0n) is 19.1. The van der Waals surface area contributed by atoms with Crippen LogP contribution >= 0.6 is 24.0 Å². The lowest BCUT2D eigenvalue weighted by Gasteiger charge is -2.29. The van der Waals surface area contributed by atoms with E-state index in [2.05, 4.69) is 44.3 Å². The maximum Gasteiger partial charge on any atom is 0.408 e. The minimum Gasteiger partial charge on any atom is -0.444 e. The second kappa shape index (κ2) is 12.2. The van der Waals surface area contributed by atoms with Crippen LogP contribution in [0.4, 0.5) is 4.79 Å². The van der Waals surface area contributed by atoms with Gasteiger partial charge in [0.05, 0.1) is 5.54 Å². The maximum atomic E-state index is 12.0. The summed E-state index contributed by atoms with van der Waals surface area (Å²) >= 11 is 0. The molecule has 0 unspecified atom stereocenters. The van der Waals surface area contributed by atoms with Gasteiger partial charge < -0.3 is 25.3 Å². The van der Waals surface area contributed by atoms with E-state index in [1.165, 1.54) is 0 Å². The summed E-state index contributed by atoms with van der Waals surface area (Å²) in [6.45, 7) is 18.4. The van der Waals surface area contributed by atoms with E-state index in [4.69, 9.17) is 4.74 Å². The molecule has 1 rings (SSSR count).